The van der Waals surface area contributed by atoms with Gasteiger partial charge in [-0.2, -0.15) is 0 Å². The molecule has 0 amide bonds. The summed E-state index contributed by atoms with van der Waals surface area (Å²) in [6.45, 7) is 7.22. The Kier molecular flexibility index (Phi) is 6.31. The summed E-state index contributed by atoms with van der Waals surface area (Å²) in [7, 11) is 0. The van der Waals surface area contributed by atoms with Crippen LogP contribution in [0, 0.1) is 46.3 Å². The van der Waals surface area contributed by atoms with E-state index in [-0.39, 0.29) is 24.0 Å². The average molecular weight is 421 g/mol. The molecule has 0 heterocycles. The van der Waals surface area contributed by atoms with E-state index in [0.29, 0.717) is 35.0 Å². The van der Waals surface area contributed by atoms with Gasteiger partial charge in [0.1, 0.15) is 0 Å². The summed E-state index contributed by atoms with van der Waals surface area (Å²) in [6.07, 6.45) is 11.8. The molecule has 0 bridgehead atoms. The minimum absolute atomic E-state index is 0.0186. The number of carboxylic acid groups (broad SMARTS) is 1. The zero-order valence-electron chi connectivity index (χ0n) is 19.4. The lowest BCUT2D eigenvalue weighted by Gasteiger charge is -2.62. The van der Waals surface area contributed by atoms with Crippen molar-refractivity contribution < 1.29 is 20.1 Å². The van der Waals surface area contributed by atoms with E-state index in [1.54, 1.807) is 0 Å². The van der Waals surface area contributed by atoms with Gasteiger partial charge in [0, 0.05) is 6.42 Å². The summed E-state index contributed by atoms with van der Waals surface area (Å²) >= 11 is 0. The third-order valence-electron chi connectivity index (χ3n) is 10.8. The SMILES string of the molecule is CC(CCCCC(=O)O)[C@H]1CCC2C3CC[C@@H]4C[C@H](O)CC[C@]4(C)C3C[C@H](O)[C@@]21C. The smallest absolute Gasteiger partial charge is 0.303 e. The molecule has 4 rings (SSSR count). The third kappa shape index (κ3) is 3.64. The van der Waals surface area contributed by atoms with E-state index in [9.17, 15) is 15.0 Å². The molecule has 0 spiro atoms. The van der Waals surface area contributed by atoms with Crippen molar-refractivity contribution in [3.05, 3.63) is 0 Å². The number of rotatable bonds is 6. The maximum absolute atomic E-state index is 11.6. The van der Waals surface area contributed by atoms with Gasteiger partial charge < -0.3 is 15.3 Å². The van der Waals surface area contributed by atoms with Gasteiger partial charge in [0.05, 0.1) is 12.2 Å². The van der Waals surface area contributed by atoms with Crippen molar-refractivity contribution >= 4 is 5.97 Å². The molecule has 4 nitrogen and oxygen atoms in total. The number of aliphatic hydroxyl groups excluding tert-OH is 2. The van der Waals surface area contributed by atoms with E-state index in [4.69, 9.17) is 5.11 Å². The van der Waals surface area contributed by atoms with Crippen LogP contribution < -0.4 is 0 Å². The normalized spacial score (nSPS) is 49.0. The first-order chi connectivity index (χ1) is 14.2. The highest BCUT2D eigenvalue weighted by molar-refractivity contribution is 5.66. The van der Waals surface area contributed by atoms with Crippen LogP contribution in [0.15, 0.2) is 0 Å². The number of unbranched alkanes of at least 4 members (excludes halogenated alkanes) is 1. The topological polar surface area (TPSA) is 77.8 Å². The van der Waals surface area contributed by atoms with Crippen molar-refractivity contribution in [2.75, 3.05) is 0 Å². The van der Waals surface area contributed by atoms with Crippen LogP contribution in [-0.4, -0.2) is 33.5 Å². The lowest BCUT2D eigenvalue weighted by Crippen LogP contribution is -2.58. The van der Waals surface area contributed by atoms with Crippen LogP contribution in [0.1, 0.15) is 97.8 Å². The zero-order chi connectivity index (χ0) is 21.7. The molecular weight excluding hydrogens is 376 g/mol. The minimum Gasteiger partial charge on any atom is -0.481 e. The van der Waals surface area contributed by atoms with Crippen LogP contribution in [0.25, 0.3) is 0 Å². The van der Waals surface area contributed by atoms with Gasteiger partial charge in [-0.25, -0.2) is 0 Å². The first-order valence-electron chi connectivity index (χ1n) is 12.8. The molecule has 172 valence electrons. The number of hydrogen-bond donors (Lipinski definition) is 3. The van der Waals surface area contributed by atoms with Gasteiger partial charge in [-0.1, -0.05) is 33.6 Å². The number of carbonyl (C=O) groups is 1. The van der Waals surface area contributed by atoms with Crippen molar-refractivity contribution in [2.24, 2.45) is 46.3 Å². The van der Waals surface area contributed by atoms with Crippen molar-refractivity contribution in [3.63, 3.8) is 0 Å². The fourth-order valence-electron chi connectivity index (χ4n) is 9.10. The van der Waals surface area contributed by atoms with Gasteiger partial charge in [-0.15, -0.1) is 0 Å². The molecular formula is C26H44O4. The second-order valence-corrected chi connectivity index (χ2v) is 12.0. The highest BCUT2D eigenvalue weighted by atomic mass is 16.4. The van der Waals surface area contributed by atoms with Gasteiger partial charge in [-0.05, 0) is 104 Å². The molecule has 4 saturated carbocycles. The Balaban J connectivity index is 1.48. The second-order valence-electron chi connectivity index (χ2n) is 12.0. The van der Waals surface area contributed by atoms with E-state index < -0.39 is 5.97 Å². The van der Waals surface area contributed by atoms with E-state index in [0.717, 1.165) is 50.9 Å². The average Bonchev–Trinajstić information content (AvgIpc) is 3.05. The summed E-state index contributed by atoms with van der Waals surface area (Å²) in [6, 6.07) is 0. The molecule has 0 radical (unpaired) electrons. The predicted octanol–water partition coefficient (Wildman–Crippen LogP) is 5.26. The van der Waals surface area contributed by atoms with Gasteiger partial charge in [0.2, 0.25) is 0 Å². The fraction of sp³-hybridized carbons (Fsp3) is 0.962. The molecule has 0 aromatic carbocycles. The number of aliphatic carboxylic acids is 1. The van der Waals surface area contributed by atoms with Crippen molar-refractivity contribution in [1.29, 1.82) is 0 Å². The summed E-state index contributed by atoms with van der Waals surface area (Å²) in [5.41, 5.74) is 0.315. The largest absolute Gasteiger partial charge is 0.481 e. The molecule has 4 heteroatoms. The lowest BCUT2D eigenvalue weighted by atomic mass is 9.43. The predicted molar refractivity (Wildman–Crippen MR) is 118 cm³/mol. The number of fused-ring (bicyclic) bond motifs is 5. The van der Waals surface area contributed by atoms with Crippen LogP contribution in [0.3, 0.4) is 0 Å². The van der Waals surface area contributed by atoms with Crippen LogP contribution in [-0.2, 0) is 4.79 Å². The Bertz CT molecular complexity index is 635. The van der Waals surface area contributed by atoms with Crippen LogP contribution in [0.4, 0.5) is 0 Å². The van der Waals surface area contributed by atoms with Gasteiger partial charge in [-0.3, -0.25) is 4.79 Å². The van der Waals surface area contributed by atoms with E-state index in [1.165, 1.54) is 25.7 Å². The lowest BCUT2D eigenvalue weighted by molar-refractivity contribution is -0.174. The number of hydrogen-bond acceptors (Lipinski definition) is 3. The van der Waals surface area contributed by atoms with Crippen LogP contribution in [0.2, 0.25) is 0 Å². The molecule has 0 aromatic heterocycles. The summed E-state index contributed by atoms with van der Waals surface area (Å²) < 4.78 is 0. The van der Waals surface area contributed by atoms with E-state index in [2.05, 4.69) is 20.8 Å². The third-order valence-corrected chi connectivity index (χ3v) is 10.8. The van der Waals surface area contributed by atoms with Crippen LogP contribution >= 0.6 is 0 Å². The Morgan fingerprint density at radius 2 is 1.77 bits per heavy atom. The molecule has 0 aliphatic heterocycles. The molecule has 4 unspecified atom stereocenters. The minimum atomic E-state index is -0.691. The number of carboxylic acids is 1. The van der Waals surface area contributed by atoms with Crippen molar-refractivity contribution in [1.82, 2.24) is 0 Å². The maximum atomic E-state index is 11.6. The maximum Gasteiger partial charge on any atom is 0.303 e. The molecule has 4 fully saturated rings. The summed E-state index contributed by atoms with van der Waals surface area (Å²) in [5, 5.41) is 30.7. The Labute approximate surface area is 182 Å². The van der Waals surface area contributed by atoms with Gasteiger partial charge in [0.15, 0.2) is 0 Å². The van der Waals surface area contributed by atoms with Crippen LogP contribution in [0.5, 0.6) is 0 Å². The fourth-order valence-corrected chi connectivity index (χ4v) is 9.10. The first kappa shape index (κ1) is 22.6. The Hall–Kier alpha value is -0.610. The van der Waals surface area contributed by atoms with Gasteiger partial charge >= 0.3 is 5.97 Å². The number of aliphatic hydroxyl groups is 2. The van der Waals surface area contributed by atoms with E-state index in [1.807, 2.05) is 0 Å². The highest BCUT2D eigenvalue weighted by Crippen LogP contribution is 2.68. The monoisotopic (exact) mass is 420 g/mol. The Morgan fingerprint density at radius 1 is 1.00 bits per heavy atom. The first-order valence-corrected chi connectivity index (χ1v) is 12.8. The molecule has 3 N–H and O–H groups in total. The standard InChI is InChI=1S/C26H44O4/c1-16(6-4-5-7-24(29)30)20-10-11-21-19-9-8-17-14-18(27)12-13-25(17,2)22(19)15-23(28)26(20,21)3/h16-23,27-28H,4-15H2,1-3H3,(H,29,30)/t16?,17-,18-,19?,20-,21?,22?,23+,25+,26-/m1/s1. The van der Waals surface area contributed by atoms with Crippen molar-refractivity contribution in [3.8, 4) is 0 Å². The molecule has 4 aliphatic rings. The molecule has 4 aliphatic carbocycles. The van der Waals surface area contributed by atoms with Gasteiger partial charge in [0.25, 0.3) is 0 Å². The summed E-state index contributed by atoms with van der Waals surface area (Å²) in [4.78, 5) is 10.8. The zero-order valence-corrected chi connectivity index (χ0v) is 19.4. The quantitative estimate of drug-likeness (QED) is 0.512. The van der Waals surface area contributed by atoms with Crippen molar-refractivity contribution in [2.45, 2.75) is 110 Å². The molecule has 0 saturated heterocycles. The molecule has 30 heavy (non-hydrogen) atoms. The second kappa shape index (κ2) is 8.39. The van der Waals surface area contributed by atoms with E-state index >= 15 is 0 Å². The highest BCUT2D eigenvalue weighted by Gasteiger charge is 2.63. The summed E-state index contributed by atoms with van der Waals surface area (Å²) in [5.74, 6) is 3.02. The Morgan fingerprint density at radius 3 is 2.50 bits per heavy atom. The molecule has 10 atom stereocenters. The molecule has 0 aromatic rings.